The Morgan fingerprint density at radius 2 is 2.21 bits per heavy atom. The van der Waals surface area contributed by atoms with Crippen molar-refractivity contribution in [3.05, 3.63) is 28.8 Å². The van der Waals surface area contributed by atoms with Gasteiger partial charge in [-0.25, -0.2) is 0 Å². The number of halogens is 1. The molecule has 0 bridgehead atoms. The summed E-state index contributed by atoms with van der Waals surface area (Å²) < 4.78 is 0. The van der Waals surface area contributed by atoms with Crippen LogP contribution in [0.3, 0.4) is 0 Å². The number of nitrogens with zero attached hydrogens (tertiary/aromatic N) is 1. The molecule has 1 aliphatic rings. The van der Waals surface area contributed by atoms with Crippen molar-refractivity contribution in [2.24, 2.45) is 0 Å². The van der Waals surface area contributed by atoms with Gasteiger partial charge in [-0.15, -0.1) is 0 Å². The van der Waals surface area contributed by atoms with Crippen LogP contribution in [0.5, 0.6) is 0 Å². The number of anilines is 1. The fourth-order valence-corrected chi connectivity index (χ4v) is 1.94. The highest BCUT2D eigenvalue weighted by Crippen LogP contribution is 2.36. The molecule has 1 unspecified atom stereocenters. The van der Waals surface area contributed by atoms with Crippen LogP contribution in [0.15, 0.2) is 18.2 Å². The average Bonchev–Trinajstić information content (AvgIpc) is 2.41. The molecule has 0 saturated carbocycles. The minimum atomic E-state index is -0.229. The van der Waals surface area contributed by atoms with Crippen LogP contribution >= 0.6 is 11.6 Å². The van der Waals surface area contributed by atoms with E-state index in [0.717, 1.165) is 11.3 Å². The zero-order valence-electron chi connectivity index (χ0n) is 8.04. The molecule has 0 spiro atoms. The summed E-state index contributed by atoms with van der Waals surface area (Å²) in [7, 11) is 3.54. The zero-order valence-corrected chi connectivity index (χ0v) is 8.80. The number of carbonyl (C=O) groups excluding carboxylic acids is 1. The van der Waals surface area contributed by atoms with Crippen LogP contribution in [0.1, 0.15) is 11.6 Å². The maximum atomic E-state index is 11.7. The first-order valence-electron chi connectivity index (χ1n) is 4.39. The number of rotatable bonds is 1. The topological polar surface area (TPSA) is 32.3 Å². The Bertz CT molecular complexity index is 392. The summed E-state index contributed by atoms with van der Waals surface area (Å²) in [6, 6.07) is 5.27. The first-order valence-corrected chi connectivity index (χ1v) is 4.77. The average molecular weight is 211 g/mol. The number of hydrogen-bond donors (Lipinski definition) is 1. The van der Waals surface area contributed by atoms with Crippen LogP contribution < -0.4 is 10.2 Å². The van der Waals surface area contributed by atoms with Crippen molar-refractivity contribution < 1.29 is 4.79 Å². The second-order valence-electron chi connectivity index (χ2n) is 3.32. The standard InChI is InChI=1S/C10H11ClN2O/c1-12-9-7-4-3-6(11)5-8(7)13(2)10(9)14/h3-5,9,12H,1-2H3. The maximum absolute atomic E-state index is 11.7. The van der Waals surface area contributed by atoms with E-state index in [1.54, 1.807) is 25.1 Å². The first-order chi connectivity index (χ1) is 6.65. The van der Waals surface area contributed by atoms with Crippen LogP contribution in [-0.4, -0.2) is 20.0 Å². The lowest BCUT2D eigenvalue weighted by molar-refractivity contribution is -0.119. The highest BCUT2D eigenvalue weighted by molar-refractivity contribution is 6.31. The van der Waals surface area contributed by atoms with Gasteiger partial charge in [-0.1, -0.05) is 17.7 Å². The van der Waals surface area contributed by atoms with E-state index in [4.69, 9.17) is 11.6 Å². The fraction of sp³-hybridized carbons (Fsp3) is 0.300. The van der Waals surface area contributed by atoms with E-state index in [-0.39, 0.29) is 11.9 Å². The Morgan fingerprint density at radius 1 is 1.50 bits per heavy atom. The monoisotopic (exact) mass is 210 g/mol. The van der Waals surface area contributed by atoms with Gasteiger partial charge in [0.15, 0.2) is 0 Å². The smallest absolute Gasteiger partial charge is 0.248 e. The molecule has 0 aromatic heterocycles. The summed E-state index contributed by atoms with van der Waals surface area (Å²) in [5.74, 6) is 0.0600. The summed E-state index contributed by atoms with van der Waals surface area (Å²) in [5.41, 5.74) is 1.88. The van der Waals surface area contributed by atoms with E-state index in [0.29, 0.717) is 5.02 Å². The van der Waals surface area contributed by atoms with Crippen molar-refractivity contribution in [1.29, 1.82) is 0 Å². The minimum absolute atomic E-state index is 0.0600. The quantitative estimate of drug-likeness (QED) is 0.764. The third kappa shape index (κ3) is 1.21. The summed E-state index contributed by atoms with van der Waals surface area (Å²) >= 11 is 5.87. The fourth-order valence-electron chi connectivity index (χ4n) is 1.78. The number of benzene rings is 1. The van der Waals surface area contributed by atoms with Gasteiger partial charge in [0.05, 0.1) is 5.69 Å². The van der Waals surface area contributed by atoms with Crippen LogP contribution in [0.25, 0.3) is 0 Å². The van der Waals surface area contributed by atoms with Gasteiger partial charge < -0.3 is 10.2 Å². The van der Waals surface area contributed by atoms with Gasteiger partial charge in [0.2, 0.25) is 5.91 Å². The van der Waals surface area contributed by atoms with E-state index in [1.165, 1.54) is 0 Å². The Kier molecular flexibility index (Phi) is 2.21. The predicted molar refractivity (Wildman–Crippen MR) is 56.7 cm³/mol. The van der Waals surface area contributed by atoms with E-state index < -0.39 is 0 Å². The highest BCUT2D eigenvalue weighted by atomic mass is 35.5. The number of amides is 1. The number of hydrogen-bond acceptors (Lipinski definition) is 2. The second-order valence-corrected chi connectivity index (χ2v) is 3.76. The predicted octanol–water partition coefficient (Wildman–Crippen LogP) is 1.58. The Labute approximate surface area is 87.7 Å². The lowest BCUT2D eigenvalue weighted by Gasteiger charge is -2.09. The van der Waals surface area contributed by atoms with Crippen molar-refractivity contribution in [3.8, 4) is 0 Å². The van der Waals surface area contributed by atoms with Gasteiger partial charge in [0.1, 0.15) is 6.04 Å². The highest BCUT2D eigenvalue weighted by Gasteiger charge is 2.33. The largest absolute Gasteiger partial charge is 0.313 e. The van der Waals surface area contributed by atoms with Gasteiger partial charge in [0.25, 0.3) is 0 Å². The molecule has 1 heterocycles. The molecule has 1 aliphatic heterocycles. The lowest BCUT2D eigenvalue weighted by Crippen LogP contribution is -2.30. The van der Waals surface area contributed by atoms with Gasteiger partial charge in [-0.2, -0.15) is 0 Å². The molecule has 74 valence electrons. The molecular weight excluding hydrogens is 200 g/mol. The Balaban J connectivity index is 2.55. The first kappa shape index (κ1) is 9.49. The van der Waals surface area contributed by atoms with Gasteiger partial charge in [-0.05, 0) is 19.2 Å². The molecule has 0 radical (unpaired) electrons. The van der Waals surface area contributed by atoms with Crippen molar-refractivity contribution in [2.75, 3.05) is 19.0 Å². The van der Waals surface area contributed by atoms with Crippen molar-refractivity contribution in [1.82, 2.24) is 5.32 Å². The van der Waals surface area contributed by atoms with Gasteiger partial charge in [-0.3, -0.25) is 4.79 Å². The van der Waals surface area contributed by atoms with Crippen molar-refractivity contribution >= 4 is 23.2 Å². The van der Waals surface area contributed by atoms with Gasteiger partial charge in [0, 0.05) is 17.6 Å². The van der Waals surface area contributed by atoms with Crippen molar-refractivity contribution in [2.45, 2.75) is 6.04 Å². The summed E-state index contributed by atoms with van der Waals surface area (Å²) in [6.45, 7) is 0. The van der Waals surface area contributed by atoms with Gasteiger partial charge >= 0.3 is 0 Å². The van der Waals surface area contributed by atoms with Crippen LogP contribution in [0, 0.1) is 0 Å². The summed E-state index contributed by atoms with van der Waals surface area (Å²) in [6.07, 6.45) is 0. The Morgan fingerprint density at radius 3 is 2.86 bits per heavy atom. The third-order valence-electron chi connectivity index (χ3n) is 2.53. The molecule has 1 aromatic rings. The molecule has 0 saturated heterocycles. The van der Waals surface area contributed by atoms with Crippen LogP contribution in [0.2, 0.25) is 5.02 Å². The molecule has 4 heteroatoms. The molecule has 3 nitrogen and oxygen atoms in total. The van der Waals surface area contributed by atoms with E-state index in [1.807, 2.05) is 12.1 Å². The second kappa shape index (κ2) is 3.26. The number of carbonyl (C=O) groups is 1. The summed E-state index contributed by atoms with van der Waals surface area (Å²) in [4.78, 5) is 13.4. The number of nitrogens with one attached hydrogen (secondary N) is 1. The van der Waals surface area contributed by atoms with E-state index in [9.17, 15) is 4.79 Å². The van der Waals surface area contributed by atoms with E-state index >= 15 is 0 Å². The van der Waals surface area contributed by atoms with Crippen LogP contribution in [-0.2, 0) is 4.79 Å². The molecule has 1 aromatic carbocycles. The lowest BCUT2D eigenvalue weighted by atomic mass is 10.1. The molecule has 0 aliphatic carbocycles. The molecule has 14 heavy (non-hydrogen) atoms. The number of likely N-dealkylation sites (N-methyl/N-ethyl adjacent to an activating group) is 2. The number of fused-ring (bicyclic) bond motifs is 1. The third-order valence-corrected chi connectivity index (χ3v) is 2.77. The molecule has 1 atom stereocenters. The Hall–Kier alpha value is -1.06. The molecule has 1 N–H and O–H groups in total. The van der Waals surface area contributed by atoms with Crippen LogP contribution in [0.4, 0.5) is 5.69 Å². The SMILES string of the molecule is CNC1C(=O)N(C)c2cc(Cl)ccc21. The zero-order chi connectivity index (χ0) is 10.3. The minimum Gasteiger partial charge on any atom is -0.313 e. The molecule has 0 fully saturated rings. The molecule has 1 amide bonds. The normalized spacial score (nSPS) is 20.1. The maximum Gasteiger partial charge on any atom is 0.248 e. The molecular formula is C10H11ClN2O. The molecule has 2 rings (SSSR count). The summed E-state index contributed by atoms with van der Waals surface area (Å²) in [5, 5.41) is 3.64. The van der Waals surface area contributed by atoms with E-state index in [2.05, 4.69) is 5.32 Å². The van der Waals surface area contributed by atoms with Crippen molar-refractivity contribution in [3.63, 3.8) is 0 Å².